The number of ether oxygens (including phenoxy) is 1. The molecule has 1 amide bonds. The summed E-state index contributed by atoms with van der Waals surface area (Å²) < 4.78 is 5.14. The lowest BCUT2D eigenvalue weighted by molar-refractivity contribution is -0.131. The number of likely N-dealkylation sites (tertiary alicyclic amines) is 1. The fourth-order valence-corrected chi connectivity index (χ4v) is 2.98. The van der Waals surface area contributed by atoms with Gasteiger partial charge in [-0.2, -0.15) is 0 Å². The van der Waals surface area contributed by atoms with Crippen LogP contribution in [0.25, 0.3) is 0 Å². The third-order valence-corrected chi connectivity index (χ3v) is 4.81. The van der Waals surface area contributed by atoms with Gasteiger partial charge in [-0.3, -0.25) is 9.69 Å². The number of nitrogens with one attached hydrogen (secondary N) is 1. The number of hydrogen-bond donors (Lipinski definition) is 2. The largest absolute Gasteiger partial charge is 0.383 e. The predicted octanol–water partition coefficient (Wildman–Crippen LogP) is 0.979. The van der Waals surface area contributed by atoms with Crippen LogP contribution in [0.3, 0.4) is 0 Å². The maximum Gasteiger partial charge on any atom is 0.227 e. The van der Waals surface area contributed by atoms with E-state index in [0.29, 0.717) is 12.6 Å². The molecule has 0 bridgehead atoms. The molecular weight excluding hydrogens is 254 g/mol. The van der Waals surface area contributed by atoms with E-state index in [4.69, 9.17) is 10.5 Å². The van der Waals surface area contributed by atoms with Gasteiger partial charge >= 0.3 is 0 Å². The number of hydrogen-bond acceptors (Lipinski definition) is 4. The number of rotatable bonds is 9. The van der Waals surface area contributed by atoms with Crippen molar-refractivity contribution >= 4 is 5.91 Å². The second-order valence-electron chi connectivity index (χ2n) is 5.73. The molecule has 1 aliphatic heterocycles. The lowest BCUT2D eigenvalue weighted by Crippen LogP contribution is -2.49. The Bertz CT molecular complexity index is 285. The predicted molar refractivity (Wildman–Crippen MR) is 81.6 cm³/mol. The van der Waals surface area contributed by atoms with Gasteiger partial charge in [0.05, 0.1) is 12.0 Å². The molecule has 0 saturated carbocycles. The van der Waals surface area contributed by atoms with Crippen molar-refractivity contribution in [3.05, 3.63) is 0 Å². The quantitative estimate of drug-likeness (QED) is 0.662. The molecule has 1 atom stereocenters. The molecule has 0 spiro atoms. The molecule has 1 aliphatic rings. The van der Waals surface area contributed by atoms with Crippen LogP contribution in [0.2, 0.25) is 0 Å². The smallest absolute Gasteiger partial charge is 0.227 e. The zero-order valence-corrected chi connectivity index (χ0v) is 13.3. The Morgan fingerprint density at radius 1 is 1.45 bits per heavy atom. The molecule has 1 unspecified atom stereocenters. The minimum absolute atomic E-state index is 0.114. The Hall–Kier alpha value is -0.650. The topological polar surface area (TPSA) is 67.6 Å². The number of methoxy groups -OCH3 is 1. The number of carbonyl (C=O) groups excluding carboxylic acids is 1. The van der Waals surface area contributed by atoms with Gasteiger partial charge in [0, 0.05) is 32.8 Å². The summed E-state index contributed by atoms with van der Waals surface area (Å²) in [4.78, 5) is 14.8. The van der Waals surface area contributed by atoms with Gasteiger partial charge in [0.2, 0.25) is 5.91 Å². The summed E-state index contributed by atoms with van der Waals surface area (Å²) in [5, 5.41) is 3.12. The summed E-state index contributed by atoms with van der Waals surface area (Å²) in [6.07, 6.45) is 3.94. The van der Waals surface area contributed by atoms with Gasteiger partial charge in [-0.25, -0.2) is 0 Å². The van der Waals surface area contributed by atoms with Crippen LogP contribution in [0.1, 0.15) is 39.5 Å². The SMILES string of the molecule is CCC(CC)(CN)C(=O)NCC1CCCN1CCOC. The second kappa shape index (κ2) is 8.60. The summed E-state index contributed by atoms with van der Waals surface area (Å²) in [6.45, 7) is 8.02. The highest BCUT2D eigenvalue weighted by Crippen LogP contribution is 2.25. The molecule has 0 radical (unpaired) electrons. The summed E-state index contributed by atoms with van der Waals surface area (Å²) in [6, 6.07) is 0.443. The molecule has 0 aromatic rings. The first-order valence-corrected chi connectivity index (χ1v) is 7.84. The monoisotopic (exact) mass is 285 g/mol. The van der Waals surface area contributed by atoms with Gasteiger partial charge < -0.3 is 15.8 Å². The van der Waals surface area contributed by atoms with E-state index >= 15 is 0 Å². The summed E-state index contributed by atoms with van der Waals surface area (Å²) in [7, 11) is 1.73. The number of nitrogens with two attached hydrogens (primary N) is 1. The van der Waals surface area contributed by atoms with E-state index in [1.54, 1.807) is 7.11 Å². The van der Waals surface area contributed by atoms with Gasteiger partial charge in [0.1, 0.15) is 0 Å². The Kier molecular flexibility index (Phi) is 7.48. The zero-order chi connectivity index (χ0) is 15.0. The van der Waals surface area contributed by atoms with Crippen LogP contribution in [-0.2, 0) is 9.53 Å². The summed E-state index contributed by atoms with van der Waals surface area (Å²) in [5.74, 6) is 0.114. The fourth-order valence-electron chi connectivity index (χ4n) is 2.98. The van der Waals surface area contributed by atoms with Crippen molar-refractivity contribution in [1.82, 2.24) is 10.2 Å². The molecule has 5 heteroatoms. The minimum atomic E-state index is -0.393. The van der Waals surface area contributed by atoms with Crippen LogP contribution in [-0.4, -0.2) is 56.7 Å². The average molecular weight is 285 g/mol. The van der Waals surface area contributed by atoms with E-state index in [2.05, 4.69) is 10.2 Å². The van der Waals surface area contributed by atoms with Gasteiger partial charge in [-0.15, -0.1) is 0 Å². The van der Waals surface area contributed by atoms with Crippen molar-refractivity contribution in [2.75, 3.05) is 39.9 Å². The van der Waals surface area contributed by atoms with Crippen LogP contribution in [0.4, 0.5) is 0 Å². The summed E-state index contributed by atoms with van der Waals surface area (Å²) >= 11 is 0. The summed E-state index contributed by atoms with van der Waals surface area (Å²) in [5.41, 5.74) is 5.43. The van der Waals surface area contributed by atoms with Gasteiger partial charge in [0.15, 0.2) is 0 Å². The molecule has 20 heavy (non-hydrogen) atoms. The average Bonchev–Trinajstić information content (AvgIpc) is 2.92. The van der Waals surface area contributed by atoms with Crippen molar-refractivity contribution in [2.24, 2.45) is 11.1 Å². The number of amides is 1. The molecule has 5 nitrogen and oxygen atoms in total. The van der Waals surface area contributed by atoms with Crippen molar-refractivity contribution < 1.29 is 9.53 Å². The normalized spacial score (nSPS) is 20.3. The molecular formula is C15H31N3O2. The third kappa shape index (κ3) is 4.17. The Labute approximate surface area is 123 Å². The van der Waals surface area contributed by atoms with Crippen LogP contribution in [0.5, 0.6) is 0 Å². The van der Waals surface area contributed by atoms with E-state index in [0.717, 1.165) is 45.5 Å². The maximum atomic E-state index is 12.4. The Morgan fingerprint density at radius 2 is 2.15 bits per heavy atom. The fraction of sp³-hybridized carbons (Fsp3) is 0.933. The highest BCUT2D eigenvalue weighted by molar-refractivity contribution is 5.82. The molecule has 3 N–H and O–H groups in total. The zero-order valence-electron chi connectivity index (χ0n) is 13.3. The molecule has 0 aromatic heterocycles. The molecule has 1 fully saturated rings. The number of carbonyl (C=O) groups is 1. The van der Waals surface area contributed by atoms with E-state index in [1.807, 2.05) is 13.8 Å². The van der Waals surface area contributed by atoms with Gasteiger partial charge in [-0.05, 0) is 32.2 Å². The first-order valence-electron chi connectivity index (χ1n) is 7.84. The van der Waals surface area contributed by atoms with E-state index in [-0.39, 0.29) is 5.91 Å². The molecule has 1 heterocycles. The maximum absolute atomic E-state index is 12.4. The second-order valence-corrected chi connectivity index (χ2v) is 5.73. The van der Waals surface area contributed by atoms with Crippen molar-refractivity contribution in [3.8, 4) is 0 Å². The molecule has 0 aliphatic carbocycles. The first-order chi connectivity index (χ1) is 9.63. The number of nitrogens with zero attached hydrogens (tertiary/aromatic N) is 1. The molecule has 118 valence electrons. The standard InChI is InChI=1S/C15H31N3O2/c1-4-15(5-2,12-16)14(19)17-11-13-7-6-8-18(13)9-10-20-3/h13H,4-12,16H2,1-3H3,(H,17,19). The van der Waals surface area contributed by atoms with Crippen LogP contribution in [0.15, 0.2) is 0 Å². The van der Waals surface area contributed by atoms with E-state index in [1.165, 1.54) is 6.42 Å². The lowest BCUT2D eigenvalue weighted by Gasteiger charge is -2.30. The highest BCUT2D eigenvalue weighted by Gasteiger charge is 2.34. The Balaban J connectivity index is 2.47. The van der Waals surface area contributed by atoms with Crippen LogP contribution < -0.4 is 11.1 Å². The first kappa shape index (κ1) is 17.4. The van der Waals surface area contributed by atoms with Crippen LogP contribution >= 0.6 is 0 Å². The highest BCUT2D eigenvalue weighted by atomic mass is 16.5. The van der Waals surface area contributed by atoms with E-state index < -0.39 is 5.41 Å². The van der Waals surface area contributed by atoms with Crippen molar-refractivity contribution in [3.63, 3.8) is 0 Å². The minimum Gasteiger partial charge on any atom is -0.383 e. The molecule has 1 saturated heterocycles. The Morgan fingerprint density at radius 3 is 2.70 bits per heavy atom. The van der Waals surface area contributed by atoms with E-state index in [9.17, 15) is 4.79 Å². The molecule has 0 aromatic carbocycles. The van der Waals surface area contributed by atoms with Crippen molar-refractivity contribution in [2.45, 2.75) is 45.6 Å². The third-order valence-electron chi connectivity index (χ3n) is 4.81. The van der Waals surface area contributed by atoms with Gasteiger partial charge in [-0.1, -0.05) is 13.8 Å². The van der Waals surface area contributed by atoms with Gasteiger partial charge in [0.25, 0.3) is 0 Å². The van der Waals surface area contributed by atoms with Crippen molar-refractivity contribution in [1.29, 1.82) is 0 Å². The van der Waals surface area contributed by atoms with Crippen LogP contribution in [0, 0.1) is 5.41 Å². The lowest BCUT2D eigenvalue weighted by atomic mass is 9.81. The molecule has 1 rings (SSSR count).